The third-order valence-electron chi connectivity index (χ3n) is 6.85. The first-order valence-corrected chi connectivity index (χ1v) is 14.2. The number of para-hydroxylation sites is 1. The summed E-state index contributed by atoms with van der Waals surface area (Å²) in [7, 11) is 1.34. The number of anilines is 1. The van der Waals surface area contributed by atoms with Crippen LogP contribution in [0.3, 0.4) is 0 Å². The second-order valence-electron chi connectivity index (χ2n) is 9.90. The van der Waals surface area contributed by atoms with Crippen LogP contribution >= 0.6 is 0 Å². The van der Waals surface area contributed by atoms with Crippen molar-refractivity contribution in [2.75, 3.05) is 25.6 Å². The predicted octanol–water partition coefficient (Wildman–Crippen LogP) is 6.10. The summed E-state index contributed by atoms with van der Waals surface area (Å²) in [5.74, 6) is 0.0112. The number of ketones is 1. The number of amides is 1. The van der Waals surface area contributed by atoms with Crippen molar-refractivity contribution in [3.8, 4) is 5.75 Å². The van der Waals surface area contributed by atoms with E-state index < -0.39 is 12.0 Å². The SMILES string of the molecule is C/C=C/C(=O)N(CCOc1ccc(C[C@H](Nc2ccccc2C(=O)c2ccccc2)C(=O)OC)cc1)Cc1ccccc1. The number of carbonyl (C=O) groups excluding carboxylic acids is 3. The van der Waals surface area contributed by atoms with Crippen molar-refractivity contribution in [2.24, 2.45) is 0 Å². The van der Waals surface area contributed by atoms with Crippen LogP contribution < -0.4 is 10.1 Å². The molecule has 0 aliphatic heterocycles. The zero-order chi connectivity index (χ0) is 30.4. The zero-order valence-electron chi connectivity index (χ0n) is 24.4. The minimum absolute atomic E-state index is 0.0707. The molecule has 0 radical (unpaired) electrons. The van der Waals surface area contributed by atoms with E-state index in [0.29, 0.717) is 48.7 Å². The summed E-state index contributed by atoms with van der Waals surface area (Å²) >= 11 is 0. The Bertz CT molecular complexity index is 1520. The molecule has 0 aliphatic carbocycles. The van der Waals surface area contributed by atoms with Gasteiger partial charge in [-0.15, -0.1) is 0 Å². The summed E-state index contributed by atoms with van der Waals surface area (Å²) < 4.78 is 11.0. The molecule has 0 heterocycles. The lowest BCUT2D eigenvalue weighted by Crippen LogP contribution is -2.33. The van der Waals surface area contributed by atoms with Crippen LogP contribution in [0.4, 0.5) is 5.69 Å². The topological polar surface area (TPSA) is 84.9 Å². The molecule has 0 saturated heterocycles. The summed E-state index contributed by atoms with van der Waals surface area (Å²) in [6, 6.07) is 32.7. The largest absolute Gasteiger partial charge is 0.492 e. The molecule has 0 aliphatic rings. The van der Waals surface area contributed by atoms with Gasteiger partial charge in [-0.3, -0.25) is 9.59 Å². The van der Waals surface area contributed by atoms with E-state index in [-0.39, 0.29) is 11.7 Å². The van der Waals surface area contributed by atoms with Crippen LogP contribution in [-0.2, 0) is 27.3 Å². The molecule has 7 nitrogen and oxygen atoms in total. The van der Waals surface area contributed by atoms with Crippen molar-refractivity contribution in [1.29, 1.82) is 0 Å². The van der Waals surface area contributed by atoms with E-state index in [4.69, 9.17) is 9.47 Å². The molecule has 0 spiro atoms. The Morgan fingerprint density at radius 3 is 2.14 bits per heavy atom. The fourth-order valence-electron chi connectivity index (χ4n) is 4.63. The van der Waals surface area contributed by atoms with Gasteiger partial charge < -0.3 is 19.7 Å². The number of ether oxygens (including phenoxy) is 2. The first kappa shape index (κ1) is 30.8. The number of hydrogen-bond donors (Lipinski definition) is 1. The molecule has 0 saturated carbocycles. The van der Waals surface area contributed by atoms with Gasteiger partial charge >= 0.3 is 5.97 Å². The molecule has 220 valence electrons. The molecule has 0 fully saturated rings. The Balaban J connectivity index is 1.39. The van der Waals surface area contributed by atoms with Crippen molar-refractivity contribution >= 4 is 23.3 Å². The quantitative estimate of drug-likeness (QED) is 0.111. The molecular weight excluding hydrogens is 540 g/mol. The Kier molecular flexibility index (Phi) is 11.3. The van der Waals surface area contributed by atoms with Gasteiger partial charge in [0.1, 0.15) is 18.4 Å². The van der Waals surface area contributed by atoms with Gasteiger partial charge in [0.2, 0.25) is 5.91 Å². The molecule has 1 atom stereocenters. The van der Waals surface area contributed by atoms with E-state index in [0.717, 1.165) is 11.1 Å². The minimum atomic E-state index is -0.717. The molecule has 0 aromatic heterocycles. The van der Waals surface area contributed by atoms with Gasteiger partial charge in [-0.25, -0.2) is 4.79 Å². The maximum atomic E-state index is 13.2. The molecule has 43 heavy (non-hydrogen) atoms. The number of allylic oxidation sites excluding steroid dienone is 1. The normalized spacial score (nSPS) is 11.5. The van der Waals surface area contributed by atoms with Gasteiger partial charge in [0, 0.05) is 29.8 Å². The zero-order valence-corrected chi connectivity index (χ0v) is 24.4. The van der Waals surface area contributed by atoms with Gasteiger partial charge in [-0.2, -0.15) is 0 Å². The van der Waals surface area contributed by atoms with Crippen LogP contribution in [-0.4, -0.2) is 48.9 Å². The first-order valence-electron chi connectivity index (χ1n) is 14.2. The Hall–Kier alpha value is -5.17. The lowest BCUT2D eigenvalue weighted by molar-refractivity contribution is -0.141. The van der Waals surface area contributed by atoms with Crippen LogP contribution in [0.25, 0.3) is 0 Å². The number of rotatable bonds is 14. The van der Waals surface area contributed by atoms with E-state index in [9.17, 15) is 14.4 Å². The van der Waals surface area contributed by atoms with Crippen LogP contribution in [0.1, 0.15) is 34.0 Å². The van der Waals surface area contributed by atoms with Crippen LogP contribution in [0.5, 0.6) is 5.75 Å². The molecule has 4 rings (SSSR count). The van der Waals surface area contributed by atoms with E-state index in [1.165, 1.54) is 7.11 Å². The van der Waals surface area contributed by atoms with Gasteiger partial charge in [-0.05, 0) is 48.4 Å². The number of hydrogen-bond acceptors (Lipinski definition) is 6. The van der Waals surface area contributed by atoms with Crippen molar-refractivity contribution in [1.82, 2.24) is 4.90 Å². The predicted molar refractivity (Wildman–Crippen MR) is 168 cm³/mol. The monoisotopic (exact) mass is 576 g/mol. The molecule has 4 aromatic rings. The summed E-state index contributed by atoms with van der Waals surface area (Å²) in [6.07, 6.45) is 3.62. The summed E-state index contributed by atoms with van der Waals surface area (Å²) in [5, 5.41) is 3.23. The highest BCUT2D eigenvalue weighted by Crippen LogP contribution is 2.22. The minimum Gasteiger partial charge on any atom is -0.492 e. The van der Waals surface area contributed by atoms with Crippen LogP contribution in [0.2, 0.25) is 0 Å². The average molecular weight is 577 g/mol. The van der Waals surface area contributed by atoms with Crippen molar-refractivity contribution in [3.63, 3.8) is 0 Å². The molecule has 0 bridgehead atoms. The highest BCUT2D eigenvalue weighted by atomic mass is 16.5. The van der Waals surface area contributed by atoms with Gasteiger partial charge in [-0.1, -0.05) is 91.0 Å². The van der Waals surface area contributed by atoms with E-state index in [1.54, 1.807) is 47.4 Å². The summed E-state index contributed by atoms with van der Waals surface area (Å²) in [4.78, 5) is 40.3. The van der Waals surface area contributed by atoms with Crippen LogP contribution in [0, 0.1) is 0 Å². The fourth-order valence-corrected chi connectivity index (χ4v) is 4.63. The Morgan fingerprint density at radius 2 is 1.47 bits per heavy atom. The van der Waals surface area contributed by atoms with Gasteiger partial charge in [0.25, 0.3) is 0 Å². The fraction of sp³-hybridized carbons (Fsp3) is 0.194. The number of nitrogens with zero attached hydrogens (tertiary/aromatic N) is 1. The third-order valence-corrected chi connectivity index (χ3v) is 6.85. The van der Waals surface area contributed by atoms with E-state index in [2.05, 4.69) is 5.32 Å². The van der Waals surface area contributed by atoms with Crippen LogP contribution in [0.15, 0.2) is 121 Å². The highest BCUT2D eigenvalue weighted by molar-refractivity contribution is 6.12. The number of benzene rings is 4. The molecule has 7 heteroatoms. The smallest absolute Gasteiger partial charge is 0.328 e. The average Bonchev–Trinajstić information content (AvgIpc) is 3.05. The summed E-state index contributed by atoms with van der Waals surface area (Å²) in [6.45, 7) is 3.07. The molecule has 0 unspecified atom stereocenters. The lowest BCUT2D eigenvalue weighted by Gasteiger charge is -2.22. The Morgan fingerprint density at radius 1 is 0.814 bits per heavy atom. The number of carbonyl (C=O) groups is 3. The second-order valence-corrected chi connectivity index (χ2v) is 9.90. The number of nitrogens with one attached hydrogen (secondary N) is 1. The molecule has 1 N–H and O–H groups in total. The first-order chi connectivity index (χ1) is 21.0. The van der Waals surface area contributed by atoms with E-state index in [1.807, 2.05) is 85.8 Å². The molecular formula is C36H36N2O5. The molecule has 4 aromatic carbocycles. The summed E-state index contributed by atoms with van der Waals surface area (Å²) in [5.41, 5.74) is 3.53. The van der Waals surface area contributed by atoms with Gasteiger partial charge in [0.05, 0.1) is 13.7 Å². The Labute approximate surface area is 252 Å². The molecule has 1 amide bonds. The van der Waals surface area contributed by atoms with Crippen molar-refractivity contribution < 1.29 is 23.9 Å². The maximum absolute atomic E-state index is 13.2. The number of esters is 1. The van der Waals surface area contributed by atoms with Gasteiger partial charge in [0.15, 0.2) is 5.78 Å². The third kappa shape index (κ3) is 8.91. The van der Waals surface area contributed by atoms with E-state index >= 15 is 0 Å². The highest BCUT2D eigenvalue weighted by Gasteiger charge is 2.22. The lowest BCUT2D eigenvalue weighted by atomic mass is 10.00. The second kappa shape index (κ2) is 15.7. The standard InChI is InChI=1S/C36H36N2O5/c1-3-12-34(39)38(26-28-13-6-4-7-14-28)23-24-43-30-21-19-27(20-22-30)25-33(36(41)42-2)37-32-18-11-10-17-31(32)35(40)29-15-8-5-9-16-29/h3-22,33,37H,23-26H2,1-2H3/b12-3+/t33-/m0/s1. The van der Waals surface area contributed by atoms with Crippen molar-refractivity contribution in [2.45, 2.75) is 25.9 Å². The number of methoxy groups -OCH3 is 1. The maximum Gasteiger partial charge on any atom is 0.328 e. The van der Waals surface area contributed by atoms with Crippen molar-refractivity contribution in [3.05, 3.63) is 144 Å².